The van der Waals surface area contributed by atoms with Crippen LogP contribution < -0.4 is 0 Å². The van der Waals surface area contributed by atoms with Crippen LogP contribution >= 0.6 is 0 Å². The van der Waals surface area contributed by atoms with Crippen molar-refractivity contribution in [2.24, 2.45) is 0 Å². The van der Waals surface area contributed by atoms with E-state index in [1.54, 1.807) is 19.4 Å². The summed E-state index contributed by atoms with van der Waals surface area (Å²) in [5.74, 6) is 2.05. The zero-order valence-corrected chi connectivity index (χ0v) is 26.5. The van der Waals surface area contributed by atoms with Gasteiger partial charge in [-0.1, -0.05) is 70.4 Å². The second kappa shape index (κ2) is 26.5. The molecule has 0 saturated carbocycles. The molecular formula is C32H55F3N4O. The van der Waals surface area contributed by atoms with Gasteiger partial charge >= 0.3 is 0 Å². The summed E-state index contributed by atoms with van der Waals surface area (Å²) in [6, 6.07) is 0. The molecule has 0 bridgehead atoms. The maximum Gasteiger partial charge on any atom is 0.260 e. The van der Waals surface area contributed by atoms with Gasteiger partial charge in [-0.25, -0.2) is 18.4 Å². The Balaban J connectivity index is 0. The molecule has 1 aromatic heterocycles. The lowest BCUT2D eigenvalue weighted by Gasteiger charge is -2.20. The second-order valence-corrected chi connectivity index (χ2v) is 9.07. The lowest BCUT2D eigenvalue weighted by molar-refractivity contribution is 0.185. The normalized spacial score (nSPS) is 13.9. The van der Waals surface area contributed by atoms with Crippen LogP contribution in [0.2, 0.25) is 0 Å². The molecule has 1 aromatic rings. The van der Waals surface area contributed by atoms with Gasteiger partial charge in [0.15, 0.2) is 5.82 Å². The minimum absolute atomic E-state index is 0.262. The highest BCUT2D eigenvalue weighted by Crippen LogP contribution is 2.18. The number of rotatable bonds is 8. The molecule has 0 fully saturated rings. The SMILES string of the molecule is CC.CCC.CCN(C=C(C)C)C(/C=C\Cc1nc2n(n1)CCCCC2)=C\OC.CF.FC(F)C1=CC=CCC1. The van der Waals surface area contributed by atoms with E-state index in [4.69, 9.17) is 9.72 Å². The number of halogens is 3. The van der Waals surface area contributed by atoms with Gasteiger partial charge in [-0.15, -0.1) is 0 Å². The van der Waals surface area contributed by atoms with E-state index < -0.39 is 6.43 Å². The molecule has 5 nitrogen and oxygen atoms in total. The van der Waals surface area contributed by atoms with Gasteiger partial charge in [0.1, 0.15) is 12.1 Å². The van der Waals surface area contributed by atoms with Crippen LogP contribution in [0, 0.1) is 0 Å². The summed E-state index contributed by atoms with van der Waals surface area (Å²) in [5, 5.41) is 4.65. The number of nitrogens with zero attached hydrogens (tertiary/aromatic N) is 4. The summed E-state index contributed by atoms with van der Waals surface area (Å²) in [4.78, 5) is 6.86. The monoisotopic (exact) mass is 568 g/mol. The molecule has 0 atom stereocenters. The van der Waals surface area contributed by atoms with E-state index in [1.807, 2.05) is 19.9 Å². The summed E-state index contributed by atoms with van der Waals surface area (Å²) in [5.41, 5.74) is 2.55. The highest BCUT2D eigenvalue weighted by Gasteiger charge is 2.12. The van der Waals surface area contributed by atoms with Crippen LogP contribution in [-0.2, 0) is 24.1 Å². The Kier molecular flexibility index (Phi) is 26.0. The third-order valence-corrected chi connectivity index (χ3v) is 5.30. The Labute approximate surface area is 242 Å². The number of aryl methyl sites for hydroxylation is 2. The summed E-state index contributed by atoms with van der Waals surface area (Å²) in [6.07, 6.45) is 19.0. The van der Waals surface area contributed by atoms with Gasteiger partial charge in [-0.3, -0.25) is 4.39 Å². The summed E-state index contributed by atoms with van der Waals surface area (Å²) in [7, 11) is 2.18. The quantitative estimate of drug-likeness (QED) is 0.231. The molecule has 0 unspecified atom stereocenters. The van der Waals surface area contributed by atoms with E-state index in [0.29, 0.717) is 13.6 Å². The van der Waals surface area contributed by atoms with Crippen LogP contribution in [0.4, 0.5) is 13.2 Å². The average molecular weight is 569 g/mol. The van der Waals surface area contributed by atoms with Crippen molar-refractivity contribution in [1.82, 2.24) is 19.7 Å². The van der Waals surface area contributed by atoms with Crippen molar-refractivity contribution in [2.45, 2.75) is 113 Å². The zero-order valence-electron chi connectivity index (χ0n) is 26.5. The number of fused-ring (bicyclic) bond motifs is 1. The van der Waals surface area contributed by atoms with Crippen molar-refractivity contribution < 1.29 is 17.9 Å². The van der Waals surface area contributed by atoms with Gasteiger partial charge in [0, 0.05) is 32.1 Å². The average Bonchev–Trinajstić information content (AvgIpc) is 3.22. The van der Waals surface area contributed by atoms with Gasteiger partial charge in [0.25, 0.3) is 6.43 Å². The number of methoxy groups -OCH3 is 1. The van der Waals surface area contributed by atoms with Crippen molar-refractivity contribution >= 4 is 0 Å². The maximum absolute atomic E-state index is 11.8. The smallest absolute Gasteiger partial charge is 0.260 e. The minimum atomic E-state index is -2.25. The molecule has 3 rings (SSSR count). The predicted octanol–water partition coefficient (Wildman–Crippen LogP) is 9.39. The van der Waals surface area contributed by atoms with Crippen molar-refractivity contribution in [3.05, 3.63) is 71.3 Å². The molecule has 0 aromatic carbocycles. The van der Waals surface area contributed by atoms with Crippen LogP contribution in [0.1, 0.15) is 98.6 Å². The molecule has 0 saturated heterocycles. The third kappa shape index (κ3) is 17.7. The Bertz CT molecular complexity index is 874. The van der Waals surface area contributed by atoms with Crippen molar-refractivity contribution in [2.75, 3.05) is 20.8 Å². The molecule has 230 valence electrons. The van der Waals surface area contributed by atoms with Crippen molar-refractivity contribution in [1.29, 1.82) is 0 Å². The first kappa shape index (κ1) is 39.4. The number of hydrogen-bond acceptors (Lipinski definition) is 4. The lowest BCUT2D eigenvalue weighted by atomic mass is 10.1. The molecule has 8 heteroatoms. The fourth-order valence-electron chi connectivity index (χ4n) is 3.67. The molecular weight excluding hydrogens is 513 g/mol. The van der Waals surface area contributed by atoms with Gasteiger partial charge in [-0.05, 0) is 58.1 Å². The molecule has 0 N–H and O–H groups in total. The molecule has 0 amide bonds. The van der Waals surface area contributed by atoms with Crippen LogP contribution in [0.25, 0.3) is 0 Å². The zero-order chi connectivity index (χ0) is 30.8. The largest absolute Gasteiger partial charge is 0.502 e. The first-order valence-electron chi connectivity index (χ1n) is 14.6. The molecule has 1 aliphatic heterocycles. The van der Waals surface area contributed by atoms with Gasteiger partial charge in [0.05, 0.1) is 20.0 Å². The summed E-state index contributed by atoms with van der Waals surface area (Å²) < 4.78 is 40.5. The summed E-state index contributed by atoms with van der Waals surface area (Å²) in [6.45, 7) is 16.5. The topological polar surface area (TPSA) is 43.2 Å². The Hall–Kier alpha value is -2.77. The number of hydrogen-bond donors (Lipinski definition) is 0. The molecule has 1 aliphatic carbocycles. The third-order valence-electron chi connectivity index (χ3n) is 5.30. The Morgan fingerprint density at radius 2 is 1.77 bits per heavy atom. The second-order valence-electron chi connectivity index (χ2n) is 9.07. The highest BCUT2D eigenvalue weighted by atomic mass is 19.3. The number of likely N-dealkylation sites (N-methyl/N-ethyl adjacent to an activating group) is 1. The van der Waals surface area contributed by atoms with Gasteiger partial charge in [-0.2, -0.15) is 5.10 Å². The standard InChI is InChI=1S/C19H30N4O.C7H8F2.C3H8.C2H6.CH3F/c1-5-22(14-16(2)3)17(15-24-4)10-9-11-18-20-19-12-7-6-8-13-23(19)21-18;8-7(9)6-4-2-1-3-5-6;1-3-2;2*1-2/h9-10,14-15H,5-8,11-13H2,1-4H3;1-2,4,7H,3,5H2;3H2,1-2H3;1-2H3;1H3/b10-9-,17-15-;;;;. The van der Waals surface area contributed by atoms with Gasteiger partial charge in [0.2, 0.25) is 0 Å². The number of allylic oxidation sites excluding steroid dienone is 7. The lowest BCUT2D eigenvalue weighted by Crippen LogP contribution is -2.15. The molecule has 40 heavy (non-hydrogen) atoms. The highest BCUT2D eigenvalue weighted by molar-refractivity contribution is 5.20. The number of alkyl halides is 3. The first-order chi connectivity index (χ1) is 19.4. The van der Waals surface area contributed by atoms with E-state index in [-0.39, 0.29) is 5.57 Å². The fourth-order valence-corrected chi connectivity index (χ4v) is 3.67. The molecule has 0 spiro atoms. The van der Waals surface area contributed by atoms with E-state index in [9.17, 15) is 13.2 Å². The number of ether oxygens (including phenoxy) is 1. The van der Waals surface area contributed by atoms with Crippen molar-refractivity contribution in [3.63, 3.8) is 0 Å². The minimum Gasteiger partial charge on any atom is -0.502 e. The maximum atomic E-state index is 11.8. The van der Waals surface area contributed by atoms with E-state index in [0.717, 1.165) is 49.7 Å². The molecule has 2 heterocycles. The van der Waals surface area contributed by atoms with Crippen LogP contribution in [-0.4, -0.2) is 46.9 Å². The number of aromatic nitrogens is 3. The molecule has 2 aliphatic rings. The Morgan fingerprint density at radius 3 is 2.27 bits per heavy atom. The van der Waals surface area contributed by atoms with Crippen LogP contribution in [0.5, 0.6) is 0 Å². The van der Waals surface area contributed by atoms with E-state index in [2.05, 4.69) is 67.7 Å². The predicted molar refractivity (Wildman–Crippen MR) is 164 cm³/mol. The first-order valence-corrected chi connectivity index (χ1v) is 14.6. The Morgan fingerprint density at radius 1 is 1.10 bits per heavy atom. The van der Waals surface area contributed by atoms with Crippen molar-refractivity contribution in [3.8, 4) is 0 Å². The van der Waals surface area contributed by atoms with E-state index >= 15 is 0 Å². The van der Waals surface area contributed by atoms with Crippen LogP contribution in [0.3, 0.4) is 0 Å². The fraction of sp³-hybridized carbons (Fsp3) is 0.625. The molecule has 0 radical (unpaired) electrons. The van der Waals surface area contributed by atoms with E-state index in [1.165, 1.54) is 37.3 Å². The summed E-state index contributed by atoms with van der Waals surface area (Å²) >= 11 is 0. The van der Waals surface area contributed by atoms with Gasteiger partial charge < -0.3 is 9.64 Å². The van der Waals surface area contributed by atoms with Crippen LogP contribution in [0.15, 0.2) is 59.7 Å².